The van der Waals surface area contributed by atoms with Gasteiger partial charge in [0.25, 0.3) is 0 Å². The summed E-state index contributed by atoms with van der Waals surface area (Å²) in [6.45, 7) is 5.23. The number of halogens is 1. The van der Waals surface area contributed by atoms with Gasteiger partial charge in [-0.3, -0.25) is 4.68 Å². The fourth-order valence-corrected chi connectivity index (χ4v) is 2.61. The molecule has 1 N–H and O–H groups in total. The summed E-state index contributed by atoms with van der Waals surface area (Å²) in [5.74, 6) is 0. The van der Waals surface area contributed by atoms with Crippen LogP contribution in [0.2, 0.25) is 0 Å². The molecule has 20 heavy (non-hydrogen) atoms. The van der Waals surface area contributed by atoms with E-state index in [1.54, 1.807) is 30.5 Å². The number of hydrogen-bond acceptors (Lipinski definition) is 4. The molecule has 2 rings (SSSR count). The molecular weight excluding hydrogens is 324 g/mol. The Balaban J connectivity index is 2.35. The van der Waals surface area contributed by atoms with E-state index in [0.29, 0.717) is 18.8 Å². The highest BCUT2D eigenvalue weighted by atomic mass is 79.9. The number of nitrogens with zero attached hydrogens (tertiary/aromatic N) is 4. The molecule has 0 bridgehead atoms. The molecule has 0 aliphatic rings. The lowest BCUT2D eigenvalue weighted by atomic mass is 10.2. The quantitative estimate of drug-likeness (QED) is 0.873. The number of methoxy groups -OCH3 is 1. The first-order chi connectivity index (χ1) is 9.56. The van der Waals surface area contributed by atoms with Crippen molar-refractivity contribution in [3.05, 3.63) is 34.6 Å². The molecule has 110 valence electrons. The molecule has 0 radical (unpaired) electrons. The van der Waals surface area contributed by atoms with Crippen molar-refractivity contribution < 1.29 is 9.84 Å². The summed E-state index contributed by atoms with van der Waals surface area (Å²) >= 11 is 3.44. The zero-order valence-corrected chi connectivity index (χ0v) is 13.4. The number of aliphatic hydroxyl groups is 1. The minimum absolute atomic E-state index is 0.233. The second-order valence-corrected chi connectivity index (χ2v) is 5.67. The van der Waals surface area contributed by atoms with Gasteiger partial charge in [0.1, 0.15) is 6.10 Å². The highest BCUT2D eigenvalue weighted by Gasteiger charge is 2.23. The van der Waals surface area contributed by atoms with Crippen LogP contribution in [0.4, 0.5) is 0 Å². The van der Waals surface area contributed by atoms with Gasteiger partial charge in [-0.25, -0.2) is 4.98 Å². The Morgan fingerprint density at radius 3 is 2.80 bits per heavy atom. The van der Waals surface area contributed by atoms with Gasteiger partial charge < -0.3 is 14.4 Å². The molecular formula is C13H19BrN4O2. The third-order valence-electron chi connectivity index (χ3n) is 3.13. The van der Waals surface area contributed by atoms with Gasteiger partial charge in [-0.05, 0) is 29.8 Å². The van der Waals surface area contributed by atoms with E-state index >= 15 is 0 Å². The molecule has 7 heteroatoms. The van der Waals surface area contributed by atoms with E-state index < -0.39 is 6.10 Å². The van der Waals surface area contributed by atoms with E-state index in [1.807, 2.05) is 4.57 Å². The molecule has 6 nitrogen and oxygen atoms in total. The molecule has 0 aliphatic carbocycles. The van der Waals surface area contributed by atoms with E-state index in [1.165, 1.54) is 0 Å². The van der Waals surface area contributed by atoms with Crippen LogP contribution in [0.3, 0.4) is 0 Å². The van der Waals surface area contributed by atoms with Crippen LogP contribution in [-0.4, -0.2) is 38.2 Å². The van der Waals surface area contributed by atoms with Crippen molar-refractivity contribution in [3.63, 3.8) is 0 Å². The molecule has 0 saturated carbocycles. The fraction of sp³-hybridized carbons (Fsp3) is 0.538. The van der Waals surface area contributed by atoms with Crippen LogP contribution >= 0.6 is 15.9 Å². The molecule has 2 heterocycles. The van der Waals surface area contributed by atoms with Gasteiger partial charge in [0.15, 0.2) is 0 Å². The maximum absolute atomic E-state index is 10.7. The molecule has 0 aliphatic heterocycles. The van der Waals surface area contributed by atoms with E-state index in [9.17, 15) is 5.11 Å². The average Bonchev–Trinajstić information content (AvgIpc) is 3.02. The van der Waals surface area contributed by atoms with Crippen molar-refractivity contribution in [1.29, 1.82) is 0 Å². The SMILES string of the molecule is COCCn1ncc(Br)c1C(O)c1cncn1C(C)C. The molecule has 0 fully saturated rings. The smallest absolute Gasteiger partial charge is 0.138 e. The Bertz CT molecular complexity index is 564. The number of aliphatic hydroxyl groups excluding tert-OH is 1. The first-order valence-electron chi connectivity index (χ1n) is 6.46. The first kappa shape index (κ1) is 15.2. The monoisotopic (exact) mass is 342 g/mol. The number of aromatic nitrogens is 4. The number of rotatable bonds is 6. The van der Waals surface area contributed by atoms with Crippen molar-refractivity contribution in [2.45, 2.75) is 32.5 Å². The van der Waals surface area contributed by atoms with E-state index in [0.717, 1.165) is 10.2 Å². The molecule has 2 aromatic rings. The fourth-order valence-electron chi connectivity index (χ4n) is 2.10. The van der Waals surface area contributed by atoms with Crippen LogP contribution < -0.4 is 0 Å². The van der Waals surface area contributed by atoms with Gasteiger partial charge >= 0.3 is 0 Å². The Labute approximate surface area is 126 Å². The molecule has 0 aromatic carbocycles. The maximum Gasteiger partial charge on any atom is 0.138 e. The lowest BCUT2D eigenvalue weighted by Crippen LogP contribution is -2.16. The lowest BCUT2D eigenvalue weighted by Gasteiger charge is -2.18. The van der Waals surface area contributed by atoms with Gasteiger partial charge in [-0.2, -0.15) is 5.10 Å². The van der Waals surface area contributed by atoms with Gasteiger partial charge in [0.05, 0.1) is 47.7 Å². The van der Waals surface area contributed by atoms with E-state index in [-0.39, 0.29) is 6.04 Å². The van der Waals surface area contributed by atoms with Crippen LogP contribution in [0.15, 0.2) is 23.2 Å². The Morgan fingerprint density at radius 1 is 1.40 bits per heavy atom. The summed E-state index contributed by atoms with van der Waals surface area (Å²) in [6.07, 6.45) is 4.32. The highest BCUT2D eigenvalue weighted by molar-refractivity contribution is 9.10. The molecule has 0 amide bonds. The van der Waals surface area contributed by atoms with E-state index in [4.69, 9.17) is 4.74 Å². The second-order valence-electron chi connectivity index (χ2n) is 4.82. The first-order valence-corrected chi connectivity index (χ1v) is 7.25. The van der Waals surface area contributed by atoms with Crippen molar-refractivity contribution in [2.75, 3.05) is 13.7 Å². The van der Waals surface area contributed by atoms with Gasteiger partial charge in [-0.15, -0.1) is 0 Å². The number of imidazole rings is 1. The topological polar surface area (TPSA) is 65.1 Å². The third-order valence-corrected chi connectivity index (χ3v) is 3.74. The molecule has 0 spiro atoms. The van der Waals surface area contributed by atoms with Crippen molar-refractivity contribution >= 4 is 15.9 Å². The lowest BCUT2D eigenvalue weighted by molar-refractivity contribution is 0.167. The van der Waals surface area contributed by atoms with Crippen molar-refractivity contribution in [3.8, 4) is 0 Å². The summed E-state index contributed by atoms with van der Waals surface area (Å²) < 4.78 is 9.54. The normalized spacial score (nSPS) is 13.1. The van der Waals surface area contributed by atoms with Crippen LogP contribution in [0, 0.1) is 0 Å². The largest absolute Gasteiger partial charge is 0.383 e. The summed E-state index contributed by atoms with van der Waals surface area (Å²) in [5.41, 5.74) is 1.46. The van der Waals surface area contributed by atoms with Crippen LogP contribution in [-0.2, 0) is 11.3 Å². The van der Waals surface area contributed by atoms with Crippen LogP contribution in [0.1, 0.15) is 37.4 Å². The Morgan fingerprint density at radius 2 is 2.15 bits per heavy atom. The Hall–Kier alpha value is -1.18. The molecule has 1 unspecified atom stereocenters. The summed E-state index contributed by atoms with van der Waals surface area (Å²) in [5, 5.41) is 14.9. The molecule has 2 aromatic heterocycles. The number of hydrogen-bond donors (Lipinski definition) is 1. The van der Waals surface area contributed by atoms with Crippen molar-refractivity contribution in [2.24, 2.45) is 0 Å². The highest BCUT2D eigenvalue weighted by Crippen LogP contribution is 2.29. The zero-order chi connectivity index (χ0) is 14.7. The predicted octanol–water partition coefficient (Wildman–Crippen LogP) is 2.15. The van der Waals surface area contributed by atoms with Gasteiger partial charge in [0, 0.05) is 13.2 Å². The minimum atomic E-state index is -0.784. The summed E-state index contributed by atoms with van der Waals surface area (Å²) in [4.78, 5) is 4.13. The average molecular weight is 343 g/mol. The Kier molecular flexibility index (Phi) is 4.95. The van der Waals surface area contributed by atoms with E-state index in [2.05, 4.69) is 39.9 Å². The van der Waals surface area contributed by atoms with Gasteiger partial charge in [-0.1, -0.05) is 0 Å². The predicted molar refractivity (Wildman–Crippen MR) is 78.5 cm³/mol. The zero-order valence-electron chi connectivity index (χ0n) is 11.8. The standard InChI is InChI=1S/C13H19BrN4O2/c1-9(2)17-8-15-7-11(17)13(19)12-10(14)6-16-18(12)4-5-20-3/h6-9,13,19H,4-5H2,1-3H3. The maximum atomic E-state index is 10.7. The van der Waals surface area contributed by atoms with Crippen molar-refractivity contribution in [1.82, 2.24) is 19.3 Å². The third kappa shape index (κ3) is 2.94. The van der Waals surface area contributed by atoms with Crippen LogP contribution in [0.5, 0.6) is 0 Å². The second kappa shape index (κ2) is 6.51. The molecule has 1 atom stereocenters. The van der Waals surface area contributed by atoms with Gasteiger partial charge in [0.2, 0.25) is 0 Å². The summed E-state index contributed by atoms with van der Waals surface area (Å²) in [6, 6.07) is 0.233. The number of ether oxygens (including phenoxy) is 1. The molecule has 0 saturated heterocycles. The minimum Gasteiger partial charge on any atom is -0.383 e. The summed E-state index contributed by atoms with van der Waals surface area (Å²) in [7, 11) is 1.64. The van der Waals surface area contributed by atoms with Crippen LogP contribution in [0.25, 0.3) is 0 Å².